The minimum Gasteiger partial charge on any atom is -0.426 e. The van der Waals surface area contributed by atoms with Crippen LogP contribution in [0.25, 0.3) is 11.0 Å². The maximum Gasteiger partial charge on any atom is 0.312 e. The SMILES string of the molecule is Cc1cc2c(c(=O)[nH]1)C(c1ccc3nccnc3c1)CC(=O)O2. The van der Waals surface area contributed by atoms with Crippen LogP contribution in [0, 0.1) is 6.92 Å². The molecule has 0 radical (unpaired) electrons. The summed E-state index contributed by atoms with van der Waals surface area (Å²) in [7, 11) is 0. The van der Waals surface area contributed by atoms with Gasteiger partial charge in [-0.15, -0.1) is 0 Å². The number of pyridine rings is 1. The van der Waals surface area contributed by atoms with Crippen LogP contribution in [0.5, 0.6) is 5.75 Å². The number of hydrogen-bond acceptors (Lipinski definition) is 5. The van der Waals surface area contributed by atoms with Crippen molar-refractivity contribution in [1.29, 1.82) is 0 Å². The van der Waals surface area contributed by atoms with Crippen molar-refractivity contribution in [2.24, 2.45) is 0 Å². The molecule has 1 aliphatic rings. The van der Waals surface area contributed by atoms with E-state index in [-0.39, 0.29) is 23.9 Å². The van der Waals surface area contributed by atoms with Gasteiger partial charge in [-0.3, -0.25) is 19.6 Å². The van der Waals surface area contributed by atoms with E-state index in [4.69, 9.17) is 4.74 Å². The molecule has 3 aromatic rings. The highest BCUT2D eigenvalue weighted by Crippen LogP contribution is 2.37. The van der Waals surface area contributed by atoms with Gasteiger partial charge in [0, 0.05) is 30.1 Å². The summed E-state index contributed by atoms with van der Waals surface area (Å²) in [5.74, 6) is -0.347. The van der Waals surface area contributed by atoms with Crippen LogP contribution in [-0.2, 0) is 4.79 Å². The van der Waals surface area contributed by atoms with Crippen LogP contribution < -0.4 is 10.3 Å². The van der Waals surface area contributed by atoms with Gasteiger partial charge in [-0.1, -0.05) is 6.07 Å². The van der Waals surface area contributed by atoms with Gasteiger partial charge < -0.3 is 9.72 Å². The van der Waals surface area contributed by atoms with E-state index in [1.165, 1.54) is 0 Å². The average Bonchev–Trinajstić information content (AvgIpc) is 2.53. The predicted molar refractivity (Wildman–Crippen MR) is 83.4 cm³/mol. The normalized spacial score (nSPS) is 16.9. The first kappa shape index (κ1) is 13.6. The summed E-state index contributed by atoms with van der Waals surface area (Å²) in [5, 5.41) is 0. The van der Waals surface area contributed by atoms with E-state index >= 15 is 0 Å². The van der Waals surface area contributed by atoms with Gasteiger partial charge in [0.05, 0.1) is 23.0 Å². The van der Waals surface area contributed by atoms with E-state index in [1.54, 1.807) is 25.4 Å². The molecule has 1 aromatic carbocycles. The second-order valence-electron chi connectivity index (χ2n) is 5.59. The first-order chi connectivity index (χ1) is 11.1. The Morgan fingerprint density at radius 3 is 2.74 bits per heavy atom. The van der Waals surface area contributed by atoms with Gasteiger partial charge in [0.1, 0.15) is 5.75 Å². The molecule has 114 valence electrons. The van der Waals surface area contributed by atoms with Crippen LogP contribution in [0.3, 0.4) is 0 Å². The lowest BCUT2D eigenvalue weighted by atomic mass is 9.87. The van der Waals surface area contributed by atoms with Crippen molar-refractivity contribution in [1.82, 2.24) is 15.0 Å². The third-order valence-corrected chi connectivity index (χ3v) is 4.01. The number of nitrogens with one attached hydrogen (secondary N) is 1. The molecule has 1 aliphatic heterocycles. The number of benzene rings is 1. The summed E-state index contributed by atoms with van der Waals surface area (Å²) in [6.45, 7) is 1.75. The van der Waals surface area contributed by atoms with Gasteiger partial charge in [0.15, 0.2) is 0 Å². The van der Waals surface area contributed by atoms with Crippen molar-refractivity contribution in [3.05, 3.63) is 63.8 Å². The molecular weight excluding hydrogens is 294 g/mol. The van der Waals surface area contributed by atoms with Crippen molar-refractivity contribution in [3.63, 3.8) is 0 Å². The van der Waals surface area contributed by atoms with Crippen molar-refractivity contribution in [2.45, 2.75) is 19.3 Å². The molecule has 0 amide bonds. The molecule has 0 bridgehead atoms. The lowest BCUT2D eigenvalue weighted by Crippen LogP contribution is -2.28. The Kier molecular flexibility index (Phi) is 2.97. The Labute approximate surface area is 131 Å². The highest BCUT2D eigenvalue weighted by molar-refractivity contribution is 5.79. The van der Waals surface area contributed by atoms with Gasteiger partial charge in [-0.05, 0) is 24.6 Å². The van der Waals surface area contributed by atoms with Crippen molar-refractivity contribution >= 4 is 17.0 Å². The zero-order chi connectivity index (χ0) is 16.0. The summed E-state index contributed by atoms with van der Waals surface area (Å²) >= 11 is 0. The second kappa shape index (κ2) is 5.01. The maximum atomic E-state index is 12.4. The smallest absolute Gasteiger partial charge is 0.312 e. The Hall–Kier alpha value is -3.02. The van der Waals surface area contributed by atoms with Crippen LogP contribution in [0.4, 0.5) is 0 Å². The first-order valence-electron chi connectivity index (χ1n) is 7.27. The van der Waals surface area contributed by atoms with Crippen molar-refractivity contribution in [2.75, 3.05) is 0 Å². The number of aromatic nitrogens is 3. The highest BCUT2D eigenvalue weighted by Gasteiger charge is 2.31. The standard InChI is InChI=1S/C17H13N3O3/c1-9-6-14-16(17(22)20-9)11(8-15(21)23-14)10-2-3-12-13(7-10)19-5-4-18-12/h2-7,11H,8H2,1H3,(H,20,22). The number of rotatable bonds is 1. The number of aromatic amines is 1. The van der Waals surface area contributed by atoms with Crippen molar-refractivity contribution in [3.8, 4) is 5.75 Å². The van der Waals surface area contributed by atoms with Gasteiger partial charge in [-0.2, -0.15) is 0 Å². The zero-order valence-corrected chi connectivity index (χ0v) is 12.4. The van der Waals surface area contributed by atoms with E-state index in [0.717, 1.165) is 16.6 Å². The van der Waals surface area contributed by atoms with E-state index < -0.39 is 0 Å². The summed E-state index contributed by atoms with van der Waals surface area (Å²) in [6, 6.07) is 7.28. The van der Waals surface area contributed by atoms with Gasteiger partial charge >= 0.3 is 5.97 Å². The van der Waals surface area contributed by atoms with E-state index in [9.17, 15) is 9.59 Å². The van der Waals surface area contributed by atoms with Crippen LogP contribution in [0.15, 0.2) is 41.5 Å². The molecule has 1 N–H and O–H groups in total. The highest BCUT2D eigenvalue weighted by atomic mass is 16.5. The molecule has 4 rings (SSSR count). The minimum atomic E-state index is -0.345. The van der Waals surface area contributed by atoms with Crippen LogP contribution in [0.2, 0.25) is 0 Å². The van der Waals surface area contributed by atoms with Gasteiger partial charge in [0.2, 0.25) is 0 Å². The monoisotopic (exact) mass is 307 g/mol. The third-order valence-electron chi connectivity index (χ3n) is 4.01. The number of fused-ring (bicyclic) bond motifs is 2. The Morgan fingerprint density at radius 2 is 1.91 bits per heavy atom. The van der Waals surface area contributed by atoms with Crippen LogP contribution in [0.1, 0.15) is 29.2 Å². The van der Waals surface area contributed by atoms with Crippen molar-refractivity contribution < 1.29 is 9.53 Å². The number of esters is 1. The number of hydrogen-bond donors (Lipinski definition) is 1. The molecule has 3 heterocycles. The maximum absolute atomic E-state index is 12.4. The number of ether oxygens (including phenoxy) is 1. The number of carbonyl (C=O) groups excluding carboxylic acids is 1. The van der Waals surface area contributed by atoms with E-state index in [0.29, 0.717) is 17.0 Å². The summed E-state index contributed by atoms with van der Waals surface area (Å²) in [6.07, 6.45) is 3.37. The lowest BCUT2D eigenvalue weighted by Gasteiger charge is -2.24. The Morgan fingerprint density at radius 1 is 1.13 bits per heavy atom. The topological polar surface area (TPSA) is 84.9 Å². The summed E-state index contributed by atoms with van der Waals surface area (Å²) in [5.41, 5.74) is 3.27. The molecule has 1 atom stereocenters. The average molecular weight is 307 g/mol. The quantitative estimate of drug-likeness (QED) is 0.696. The summed E-state index contributed by atoms with van der Waals surface area (Å²) < 4.78 is 5.25. The third kappa shape index (κ3) is 2.28. The number of carbonyl (C=O) groups is 1. The molecule has 1 unspecified atom stereocenters. The molecule has 0 spiro atoms. The van der Waals surface area contributed by atoms with E-state index in [1.807, 2.05) is 18.2 Å². The van der Waals surface area contributed by atoms with E-state index in [2.05, 4.69) is 15.0 Å². The lowest BCUT2D eigenvalue weighted by molar-refractivity contribution is -0.135. The molecule has 2 aromatic heterocycles. The summed E-state index contributed by atoms with van der Waals surface area (Å²) in [4.78, 5) is 35.6. The predicted octanol–water partition coefficient (Wildman–Crippen LogP) is 2.07. The number of nitrogens with zero attached hydrogens (tertiary/aromatic N) is 2. The fraction of sp³-hybridized carbons (Fsp3) is 0.176. The number of aryl methyl sites for hydroxylation is 1. The molecule has 6 nitrogen and oxygen atoms in total. The molecule has 6 heteroatoms. The molecule has 0 saturated carbocycles. The molecular formula is C17H13N3O3. The van der Waals surface area contributed by atoms with Gasteiger partial charge in [0.25, 0.3) is 5.56 Å². The first-order valence-corrected chi connectivity index (χ1v) is 7.27. The van der Waals surface area contributed by atoms with Crippen LogP contribution >= 0.6 is 0 Å². The van der Waals surface area contributed by atoms with Gasteiger partial charge in [-0.25, -0.2) is 0 Å². The fourth-order valence-corrected chi connectivity index (χ4v) is 3.00. The fourth-order valence-electron chi connectivity index (χ4n) is 3.00. The molecule has 0 fully saturated rings. The molecule has 0 saturated heterocycles. The Balaban J connectivity index is 1.91. The minimum absolute atomic E-state index is 0.130. The zero-order valence-electron chi connectivity index (χ0n) is 12.4. The molecule has 0 aliphatic carbocycles. The molecule has 23 heavy (non-hydrogen) atoms. The van der Waals surface area contributed by atoms with Crippen LogP contribution in [-0.4, -0.2) is 20.9 Å². The number of H-pyrrole nitrogens is 1. The largest absolute Gasteiger partial charge is 0.426 e. The second-order valence-corrected chi connectivity index (χ2v) is 5.59. The Bertz CT molecular complexity index is 994.